The molecule has 0 aromatic heterocycles. The van der Waals surface area contributed by atoms with Crippen LogP contribution in [-0.4, -0.2) is 61.4 Å². The second-order valence-corrected chi connectivity index (χ2v) is 4.63. The zero-order chi connectivity index (χ0) is 15.5. The van der Waals surface area contributed by atoms with Gasteiger partial charge >= 0.3 is 5.97 Å². The average Bonchev–Trinajstić information content (AvgIpc) is 2.43. The van der Waals surface area contributed by atoms with Crippen molar-refractivity contribution in [3.63, 3.8) is 0 Å². The molecule has 0 spiro atoms. The molecule has 1 amide bonds. The molecule has 6 nitrogen and oxygen atoms in total. The summed E-state index contributed by atoms with van der Waals surface area (Å²) >= 11 is 0. The molecule has 0 fully saturated rings. The highest BCUT2D eigenvalue weighted by Crippen LogP contribution is 2.14. The summed E-state index contributed by atoms with van der Waals surface area (Å²) in [6.45, 7) is 9.97. The third kappa shape index (κ3) is 6.86. The first-order valence-corrected chi connectivity index (χ1v) is 7.12. The van der Waals surface area contributed by atoms with Gasteiger partial charge in [-0.3, -0.25) is 9.59 Å². The lowest BCUT2D eigenvalue weighted by atomic mass is 9.94. The number of nitrogens with zero attached hydrogens (tertiary/aromatic N) is 1. The molecule has 2 atom stereocenters. The summed E-state index contributed by atoms with van der Waals surface area (Å²) in [5.74, 6) is -2.39. The Labute approximate surface area is 121 Å². The first-order valence-electron chi connectivity index (χ1n) is 7.12. The number of carboxylic acid groups (broad SMARTS) is 1. The molecule has 0 heterocycles. The van der Waals surface area contributed by atoms with E-state index in [0.29, 0.717) is 39.5 Å². The second-order valence-electron chi connectivity index (χ2n) is 4.63. The third-order valence-electron chi connectivity index (χ3n) is 3.26. The van der Waals surface area contributed by atoms with E-state index >= 15 is 0 Å². The molecule has 0 aromatic rings. The number of rotatable bonds is 11. The van der Waals surface area contributed by atoms with Crippen molar-refractivity contribution in [3.8, 4) is 0 Å². The van der Waals surface area contributed by atoms with Gasteiger partial charge in [0.1, 0.15) is 0 Å². The van der Waals surface area contributed by atoms with Gasteiger partial charge in [-0.05, 0) is 13.8 Å². The van der Waals surface area contributed by atoms with Gasteiger partial charge in [0.15, 0.2) is 0 Å². The molecule has 0 rings (SSSR count). The van der Waals surface area contributed by atoms with E-state index in [-0.39, 0.29) is 5.91 Å². The van der Waals surface area contributed by atoms with E-state index in [1.807, 2.05) is 13.8 Å². The Balaban J connectivity index is 4.54. The molecule has 1 N–H and O–H groups in total. The van der Waals surface area contributed by atoms with E-state index in [1.165, 1.54) is 0 Å². The van der Waals surface area contributed by atoms with Crippen LogP contribution in [-0.2, 0) is 19.1 Å². The third-order valence-corrected chi connectivity index (χ3v) is 3.26. The van der Waals surface area contributed by atoms with Crippen molar-refractivity contribution in [1.29, 1.82) is 0 Å². The summed E-state index contributed by atoms with van der Waals surface area (Å²) in [7, 11) is 0. The smallest absolute Gasteiger partial charge is 0.307 e. The number of hydrogen-bond acceptors (Lipinski definition) is 4. The highest BCUT2D eigenvalue weighted by molar-refractivity contribution is 5.84. The van der Waals surface area contributed by atoms with E-state index in [9.17, 15) is 9.59 Å². The molecular formula is C14H27NO5. The number of carboxylic acids is 1. The number of aliphatic carboxylic acids is 1. The van der Waals surface area contributed by atoms with Gasteiger partial charge in [-0.15, -0.1) is 0 Å². The molecule has 6 heteroatoms. The topological polar surface area (TPSA) is 76.1 Å². The number of amides is 1. The molecule has 0 bridgehead atoms. The maximum Gasteiger partial charge on any atom is 0.307 e. The molecule has 118 valence electrons. The van der Waals surface area contributed by atoms with Gasteiger partial charge in [0, 0.05) is 32.2 Å². The maximum absolute atomic E-state index is 12.3. The van der Waals surface area contributed by atoms with Crippen LogP contribution in [0.15, 0.2) is 0 Å². The highest BCUT2D eigenvalue weighted by atomic mass is 16.5. The van der Waals surface area contributed by atoms with E-state index in [1.54, 1.807) is 18.7 Å². The van der Waals surface area contributed by atoms with E-state index in [4.69, 9.17) is 14.6 Å². The fraction of sp³-hybridized carbons (Fsp3) is 0.857. The lowest BCUT2D eigenvalue weighted by Crippen LogP contribution is -2.42. The zero-order valence-electron chi connectivity index (χ0n) is 12.9. The van der Waals surface area contributed by atoms with Crippen LogP contribution in [0.25, 0.3) is 0 Å². The quantitative estimate of drug-likeness (QED) is 0.579. The largest absolute Gasteiger partial charge is 0.481 e. The van der Waals surface area contributed by atoms with Gasteiger partial charge in [-0.2, -0.15) is 0 Å². The minimum absolute atomic E-state index is 0.167. The summed E-state index contributed by atoms with van der Waals surface area (Å²) in [5.41, 5.74) is 0. The normalized spacial score (nSPS) is 13.8. The van der Waals surface area contributed by atoms with Crippen LogP contribution in [0.2, 0.25) is 0 Å². The predicted octanol–water partition coefficient (Wildman–Crippen LogP) is 1.24. The van der Waals surface area contributed by atoms with E-state index in [0.717, 1.165) is 0 Å². The Bertz CT molecular complexity index is 285. The predicted molar refractivity (Wildman–Crippen MR) is 75.5 cm³/mol. The van der Waals surface area contributed by atoms with Crippen LogP contribution in [0.5, 0.6) is 0 Å². The Morgan fingerprint density at radius 3 is 1.80 bits per heavy atom. The molecule has 0 aromatic carbocycles. The Morgan fingerprint density at radius 2 is 1.45 bits per heavy atom. The van der Waals surface area contributed by atoms with Crippen LogP contribution >= 0.6 is 0 Å². The summed E-state index contributed by atoms with van der Waals surface area (Å²) in [6.07, 6.45) is 0. The molecular weight excluding hydrogens is 262 g/mol. The van der Waals surface area contributed by atoms with Gasteiger partial charge in [0.05, 0.1) is 19.1 Å². The van der Waals surface area contributed by atoms with Crippen LogP contribution in [0.3, 0.4) is 0 Å². The summed E-state index contributed by atoms with van der Waals surface area (Å²) in [5, 5.41) is 8.99. The minimum atomic E-state index is -0.958. The van der Waals surface area contributed by atoms with Crippen molar-refractivity contribution in [1.82, 2.24) is 4.90 Å². The number of carbonyl (C=O) groups is 2. The van der Waals surface area contributed by atoms with Gasteiger partial charge < -0.3 is 19.5 Å². The monoisotopic (exact) mass is 289 g/mol. The fourth-order valence-corrected chi connectivity index (χ4v) is 1.69. The SMILES string of the molecule is CCOCCN(CCOCC)C(=O)C(C)C(C)C(=O)O. The number of carbonyl (C=O) groups excluding carboxylic acids is 1. The van der Waals surface area contributed by atoms with Gasteiger partial charge in [-0.1, -0.05) is 13.8 Å². The average molecular weight is 289 g/mol. The Morgan fingerprint density at radius 1 is 1.00 bits per heavy atom. The Kier molecular flexibility index (Phi) is 10.0. The summed E-state index contributed by atoms with van der Waals surface area (Å²) in [4.78, 5) is 24.9. The van der Waals surface area contributed by atoms with Gasteiger partial charge in [0.2, 0.25) is 5.91 Å². The molecule has 0 saturated heterocycles. The fourth-order valence-electron chi connectivity index (χ4n) is 1.69. The van der Waals surface area contributed by atoms with Crippen molar-refractivity contribution in [2.45, 2.75) is 27.7 Å². The molecule has 0 aliphatic carbocycles. The van der Waals surface area contributed by atoms with Crippen LogP contribution in [0.1, 0.15) is 27.7 Å². The van der Waals surface area contributed by atoms with E-state index in [2.05, 4.69) is 0 Å². The number of hydrogen-bond donors (Lipinski definition) is 1. The van der Waals surface area contributed by atoms with Gasteiger partial charge in [-0.25, -0.2) is 0 Å². The lowest BCUT2D eigenvalue weighted by Gasteiger charge is -2.27. The van der Waals surface area contributed by atoms with Crippen LogP contribution in [0, 0.1) is 11.8 Å². The van der Waals surface area contributed by atoms with E-state index < -0.39 is 17.8 Å². The first kappa shape index (κ1) is 18.9. The van der Waals surface area contributed by atoms with Crippen LogP contribution in [0.4, 0.5) is 0 Å². The van der Waals surface area contributed by atoms with Gasteiger partial charge in [0.25, 0.3) is 0 Å². The summed E-state index contributed by atoms with van der Waals surface area (Å²) < 4.78 is 10.5. The molecule has 20 heavy (non-hydrogen) atoms. The Hall–Kier alpha value is -1.14. The summed E-state index contributed by atoms with van der Waals surface area (Å²) in [6, 6.07) is 0. The minimum Gasteiger partial charge on any atom is -0.481 e. The first-order chi connectivity index (χ1) is 9.45. The number of ether oxygens (including phenoxy) is 2. The van der Waals surface area contributed by atoms with Crippen molar-refractivity contribution < 1.29 is 24.2 Å². The van der Waals surface area contributed by atoms with Crippen LogP contribution < -0.4 is 0 Å². The van der Waals surface area contributed by atoms with Crippen molar-refractivity contribution in [2.24, 2.45) is 11.8 Å². The zero-order valence-corrected chi connectivity index (χ0v) is 12.9. The molecule has 0 aliphatic rings. The molecule has 2 unspecified atom stereocenters. The highest BCUT2D eigenvalue weighted by Gasteiger charge is 2.29. The van der Waals surface area contributed by atoms with Crippen molar-refractivity contribution in [2.75, 3.05) is 39.5 Å². The maximum atomic E-state index is 12.3. The van der Waals surface area contributed by atoms with Crippen molar-refractivity contribution in [3.05, 3.63) is 0 Å². The molecule has 0 aliphatic heterocycles. The van der Waals surface area contributed by atoms with Crippen molar-refractivity contribution >= 4 is 11.9 Å². The lowest BCUT2D eigenvalue weighted by molar-refractivity contribution is -0.149. The molecule has 0 radical (unpaired) electrons. The standard InChI is InChI=1S/C14H27NO5/c1-5-19-9-7-15(8-10-20-6-2)13(16)11(3)12(4)14(17)18/h11-12H,5-10H2,1-4H3,(H,17,18). The second kappa shape index (κ2) is 10.6. The molecule has 0 saturated carbocycles.